The van der Waals surface area contributed by atoms with Crippen molar-refractivity contribution in [3.63, 3.8) is 0 Å². The molecule has 1 aliphatic heterocycles. The number of aromatic nitrogens is 1. The zero-order valence-corrected chi connectivity index (χ0v) is 12.2. The van der Waals surface area contributed by atoms with Crippen molar-refractivity contribution in [3.05, 3.63) is 30.1 Å². The third kappa shape index (κ3) is 5.15. The van der Waals surface area contributed by atoms with Crippen molar-refractivity contribution in [1.82, 2.24) is 15.6 Å². The molecule has 0 aliphatic carbocycles. The first-order chi connectivity index (χ1) is 10.1. The van der Waals surface area contributed by atoms with E-state index in [0.717, 1.165) is 6.42 Å². The van der Waals surface area contributed by atoms with Gasteiger partial charge in [-0.2, -0.15) is 0 Å². The maximum atomic E-state index is 11.9. The summed E-state index contributed by atoms with van der Waals surface area (Å²) in [6.07, 6.45) is 4.69. The Hall–Kier alpha value is -1.95. The second-order valence-corrected chi connectivity index (χ2v) is 5.26. The van der Waals surface area contributed by atoms with Gasteiger partial charge in [0, 0.05) is 38.2 Å². The smallest absolute Gasteiger partial charge is 0.222 e. The van der Waals surface area contributed by atoms with Crippen LogP contribution in [0, 0.1) is 5.92 Å². The summed E-state index contributed by atoms with van der Waals surface area (Å²) in [4.78, 5) is 26.6. The number of rotatable bonds is 6. The van der Waals surface area contributed by atoms with Crippen molar-refractivity contribution in [2.24, 2.45) is 5.92 Å². The molecule has 1 aromatic rings. The van der Waals surface area contributed by atoms with Gasteiger partial charge in [-0.25, -0.2) is 0 Å². The number of pyridine rings is 1. The maximum Gasteiger partial charge on any atom is 0.222 e. The first-order valence-electron chi connectivity index (χ1n) is 7.15. The van der Waals surface area contributed by atoms with Crippen molar-refractivity contribution < 1.29 is 14.3 Å². The minimum Gasteiger partial charge on any atom is -0.379 e. The lowest BCUT2D eigenvalue weighted by molar-refractivity contribution is -0.122. The highest BCUT2D eigenvalue weighted by molar-refractivity contribution is 5.78. The topological polar surface area (TPSA) is 80.3 Å². The Labute approximate surface area is 124 Å². The van der Waals surface area contributed by atoms with E-state index in [-0.39, 0.29) is 30.2 Å². The largest absolute Gasteiger partial charge is 0.379 e. The molecule has 1 aromatic heterocycles. The number of carbonyl (C=O) groups excluding carboxylic acids is 2. The minimum atomic E-state index is -0.123. The Bertz CT molecular complexity index is 478. The summed E-state index contributed by atoms with van der Waals surface area (Å²) in [7, 11) is 0. The van der Waals surface area contributed by atoms with Crippen molar-refractivity contribution in [1.29, 1.82) is 0 Å². The van der Waals surface area contributed by atoms with Crippen molar-refractivity contribution in [3.8, 4) is 0 Å². The average Bonchev–Trinajstić information content (AvgIpc) is 2.86. The number of nitrogens with zero attached hydrogens (tertiary/aromatic N) is 1. The molecule has 1 fully saturated rings. The normalized spacial score (nSPS) is 21.0. The minimum absolute atomic E-state index is 0.0305. The molecular formula is C15H21N3O3. The number of hydrogen-bond donors (Lipinski definition) is 2. The van der Waals surface area contributed by atoms with E-state index in [0.29, 0.717) is 19.8 Å². The van der Waals surface area contributed by atoms with Gasteiger partial charge >= 0.3 is 0 Å². The van der Waals surface area contributed by atoms with Crippen LogP contribution < -0.4 is 10.6 Å². The first kappa shape index (κ1) is 15.4. The summed E-state index contributed by atoms with van der Waals surface area (Å²) < 4.78 is 5.49. The van der Waals surface area contributed by atoms with Crippen LogP contribution >= 0.6 is 0 Å². The van der Waals surface area contributed by atoms with Crippen molar-refractivity contribution in [2.45, 2.75) is 25.8 Å². The molecule has 0 aromatic carbocycles. The molecule has 0 saturated carbocycles. The Morgan fingerprint density at radius 2 is 2.10 bits per heavy atom. The molecule has 0 unspecified atom stereocenters. The summed E-state index contributed by atoms with van der Waals surface area (Å²) in [6.45, 7) is 3.00. The standard InChI is InChI=1S/C15H21N3O3/c1-11(19)17-7-4-15(20)18-14-10-21-9-13(14)8-12-2-5-16-6-3-12/h2-3,5-6,13-14H,4,7-10H2,1H3,(H,17,19)(H,18,20)/t13-,14+/m1/s1. The fourth-order valence-electron chi connectivity index (χ4n) is 2.41. The van der Waals surface area contributed by atoms with Crippen molar-refractivity contribution in [2.75, 3.05) is 19.8 Å². The van der Waals surface area contributed by atoms with Gasteiger partial charge < -0.3 is 15.4 Å². The van der Waals surface area contributed by atoms with Crippen molar-refractivity contribution >= 4 is 11.8 Å². The zero-order chi connectivity index (χ0) is 15.1. The molecular weight excluding hydrogens is 270 g/mol. The van der Waals surface area contributed by atoms with E-state index in [1.165, 1.54) is 12.5 Å². The van der Waals surface area contributed by atoms with Gasteiger partial charge in [-0.3, -0.25) is 14.6 Å². The van der Waals surface area contributed by atoms with Gasteiger partial charge in [0.25, 0.3) is 0 Å². The fourth-order valence-corrected chi connectivity index (χ4v) is 2.41. The second-order valence-electron chi connectivity index (χ2n) is 5.26. The highest BCUT2D eigenvalue weighted by Gasteiger charge is 2.29. The van der Waals surface area contributed by atoms with Gasteiger partial charge in [-0.1, -0.05) is 0 Å². The zero-order valence-electron chi connectivity index (χ0n) is 12.2. The number of nitrogens with one attached hydrogen (secondary N) is 2. The Kier molecular flexibility index (Phi) is 5.68. The summed E-state index contributed by atoms with van der Waals surface area (Å²) >= 11 is 0. The Morgan fingerprint density at radius 1 is 1.33 bits per heavy atom. The molecule has 1 saturated heterocycles. The first-order valence-corrected chi connectivity index (χ1v) is 7.15. The van der Waals surface area contributed by atoms with E-state index in [2.05, 4.69) is 15.6 Å². The monoisotopic (exact) mass is 291 g/mol. The Morgan fingerprint density at radius 3 is 2.81 bits per heavy atom. The quantitative estimate of drug-likeness (QED) is 0.789. The van der Waals surface area contributed by atoms with E-state index in [1.807, 2.05) is 12.1 Å². The van der Waals surface area contributed by atoms with Gasteiger partial charge in [-0.05, 0) is 24.1 Å². The SMILES string of the molecule is CC(=O)NCCC(=O)N[C@H]1COC[C@H]1Cc1ccncc1. The van der Waals surface area contributed by atoms with E-state index >= 15 is 0 Å². The van der Waals surface area contributed by atoms with Gasteiger partial charge in [0.05, 0.1) is 19.3 Å². The number of hydrogen-bond acceptors (Lipinski definition) is 4. The van der Waals surface area contributed by atoms with Crippen LogP contribution in [0.3, 0.4) is 0 Å². The van der Waals surface area contributed by atoms with Crippen LogP contribution in [0.25, 0.3) is 0 Å². The highest BCUT2D eigenvalue weighted by atomic mass is 16.5. The van der Waals surface area contributed by atoms with Crippen LogP contribution in [0.15, 0.2) is 24.5 Å². The fraction of sp³-hybridized carbons (Fsp3) is 0.533. The van der Waals surface area contributed by atoms with Gasteiger partial charge in [0.15, 0.2) is 0 Å². The van der Waals surface area contributed by atoms with Crippen LogP contribution in [0.5, 0.6) is 0 Å². The maximum absolute atomic E-state index is 11.9. The molecule has 0 spiro atoms. The number of carbonyl (C=O) groups is 2. The molecule has 1 aliphatic rings. The summed E-state index contributed by atoms with van der Waals surface area (Å²) in [5, 5.41) is 5.61. The van der Waals surface area contributed by atoms with E-state index in [4.69, 9.17) is 4.74 Å². The van der Waals surface area contributed by atoms with E-state index in [1.54, 1.807) is 12.4 Å². The van der Waals surface area contributed by atoms with Crippen LogP contribution in [-0.2, 0) is 20.7 Å². The second kappa shape index (κ2) is 7.73. The molecule has 2 rings (SSSR count). The molecule has 2 heterocycles. The summed E-state index contributed by atoms with van der Waals surface area (Å²) in [6, 6.07) is 3.99. The molecule has 6 nitrogen and oxygen atoms in total. The van der Waals surface area contributed by atoms with Gasteiger partial charge in [-0.15, -0.1) is 0 Å². The third-order valence-corrected chi connectivity index (χ3v) is 3.52. The molecule has 0 bridgehead atoms. The van der Waals surface area contributed by atoms with Crippen LogP contribution in [0.4, 0.5) is 0 Å². The lowest BCUT2D eigenvalue weighted by Crippen LogP contribution is -2.41. The molecule has 2 N–H and O–H groups in total. The molecule has 21 heavy (non-hydrogen) atoms. The summed E-state index contributed by atoms with van der Waals surface area (Å²) in [5.74, 6) is 0.0960. The summed E-state index contributed by atoms with van der Waals surface area (Å²) in [5.41, 5.74) is 1.19. The van der Waals surface area contributed by atoms with Crippen LogP contribution in [-0.4, -0.2) is 42.6 Å². The van der Waals surface area contributed by atoms with E-state index in [9.17, 15) is 9.59 Å². The number of amides is 2. The third-order valence-electron chi connectivity index (χ3n) is 3.52. The lowest BCUT2D eigenvalue weighted by Gasteiger charge is -2.19. The Balaban J connectivity index is 1.79. The molecule has 6 heteroatoms. The highest BCUT2D eigenvalue weighted by Crippen LogP contribution is 2.19. The predicted molar refractivity (Wildman–Crippen MR) is 77.5 cm³/mol. The predicted octanol–water partition coefficient (Wildman–Crippen LogP) is 0.282. The van der Waals surface area contributed by atoms with Crippen LogP contribution in [0.1, 0.15) is 18.9 Å². The van der Waals surface area contributed by atoms with Gasteiger partial charge in [0.2, 0.25) is 11.8 Å². The molecule has 2 amide bonds. The average molecular weight is 291 g/mol. The lowest BCUT2D eigenvalue weighted by atomic mass is 9.95. The van der Waals surface area contributed by atoms with E-state index < -0.39 is 0 Å². The van der Waals surface area contributed by atoms with Crippen LogP contribution in [0.2, 0.25) is 0 Å². The van der Waals surface area contributed by atoms with Gasteiger partial charge in [0.1, 0.15) is 0 Å². The molecule has 114 valence electrons. The number of ether oxygens (including phenoxy) is 1. The molecule has 0 radical (unpaired) electrons. The molecule has 2 atom stereocenters.